The molecule has 3 nitrogen and oxygen atoms in total. The van der Waals surface area contributed by atoms with Crippen LogP contribution in [0.4, 0.5) is 0 Å². The molecule has 0 aliphatic heterocycles. The molecular weight excluding hydrogens is 336 g/mol. The zero-order valence-electron chi connectivity index (χ0n) is 11.7. The Bertz CT molecular complexity index is 571. The van der Waals surface area contributed by atoms with E-state index in [0.717, 1.165) is 40.1 Å². The zero-order chi connectivity index (χ0) is 14.5. The molecule has 0 spiro atoms. The van der Waals surface area contributed by atoms with Gasteiger partial charge in [0.05, 0.1) is 5.01 Å². The number of aryl methyl sites for hydroxylation is 1. The average Bonchev–Trinajstić information content (AvgIpc) is 2.84. The Hall–Kier alpha value is -0.910. The first-order chi connectivity index (χ1) is 9.60. The molecule has 0 fully saturated rings. The lowest BCUT2D eigenvalue weighted by atomic mass is 10.0. The molecule has 2 rings (SSSR count). The molecule has 0 aliphatic rings. The quantitative estimate of drug-likeness (QED) is 0.816. The second-order valence-electron chi connectivity index (χ2n) is 4.75. The molecule has 1 atom stereocenters. The number of halogens is 1. The van der Waals surface area contributed by atoms with Gasteiger partial charge in [-0.25, -0.2) is 4.98 Å². The third kappa shape index (κ3) is 4.04. The van der Waals surface area contributed by atoms with Crippen LogP contribution in [0.1, 0.15) is 35.7 Å². The van der Waals surface area contributed by atoms with Crippen LogP contribution in [0.3, 0.4) is 0 Å². The van der Waals surface area contributed by atoms with Crippen LogP contribution in [0, 0.1) is 6.92 Å². The summed E-state index contributed by atoms with van der Waals surface area (Å²) >= 11 is 5.16. The summed E-state index contributed by atoms with van der Waals surface area (Å²) in [5.74, 6) is 0.345. The molecule has 1 aromatic carbocycles. The summed E-state index contributed by atoms with van der Waals surface area (Å²) in [6, 6.07) is 5.72. The summed E-state index contributed by atoms with van der Waals surface area (Å²) < 4.78 is 0.987. The minimum absolute atomic E-state index is 0.161. The Morgan fingerprint density at radius 1 is 1.45 bits per heavy atom. The van der Waals surface area contributed by atoms with Crippen LogP contribution >= 0.6 is 27.3 Å². The largest absolute Gasteiger partial charge is 0.508 e. The zero-order valence-corrected chi connectivity index (χ0v) is 14.1. The normalized spacial score (nSPS) is 12.6. The van der Waals surface area contributed by atoms with Crippen molar-refractivity contribution in [1.29, 1.82) is 0 Å². The van der Waals surface area contributed by atoms with E-state index in [2.05, 4.69) is 38.5 Å². The number of nitrogens with zero attached hydrogens (tertiary/aromatic N) is 1. The topological polar surface area (TPSA) is 45.2 Å². The summed E-state index contributed by atoms with van der Waals surface area (Å²) in [5.41, 5.74) is 2.03. The molecule has 0 bridgehead atoms. The fourth-order valence-corrected chi connectivity index (χ4v) is 3.30. The number of benzene rings is 1. The maximum atomic E-state index is 9.99. The Labute approximate surface area is 132 Å². The number of nitrogens with one attached hydrogen (secondary N) is 1. The lowest BCUT2D eigenvalue weighted by Gasteiger charge is -2.18. The second kappa shape index (κ2) is 7.20. The number of hydrogen-bond acceptors (Lipinski definition) is 4. The maximum Gasteiger partial charge on any atom is 0.120 e. The van der Waals surface area contributed by atoms with Gasteiger partial charge in [-0.05, 0) is 31.5 Å². The van der Waals surface area contributed by atoms with E-state index in [9.17, 15) is 5.11 Å². The number of phenolic OH excluding ortho intramolecular Hbond substituents is 1. The second-order valence-corrected chi connectivity index (χ2v) is 6.61. The minimum atomic E-state index is 0.161. The maximum absolute atomic E-state index is 9.99. The molecule has 1 heterocycles. The Morgan fingerprint density at radius 3 is 2.90 bits per heavy atom. The van der Waals surface area contributed by atoms with Gasteiger partial charge in [0.15, 0.2) is 0 Å². The van der Waals surface area contributed by atoms with Gasteiger partial charge in [0, 0.05) is 40.1 Å². The van der Waals surface area contributed by atoms with Crippen molar-refractivity contribution in [2.45, 2.75) is 32.7 Å². The van der Waals surface area contributed by atoms with E-state index < -0.39 is 0 Å². The van der Waals surface area contributed by atoms with Gasteiger partial charge in [-0.2, -0.15) is 0 Å². The first-order valence-electron chi connectivity index (χ1n) is 6.73. The number of aromatic hydroxyl groups is 1. The molecule has 2 N–H and O–H groups in total. The molecule has 0 aliphatic carbocycles. The number of rotatable bonds is 6. The van der Waals surface area contributed by atoms with Gasteiger partial charge in [0.2, 0.25) is 0 Å². The van der Waals surface area contributed by atoms with Gasteiger partial charge in [-0.15, -0.1) is 11.3 Å². The molecule has 1 aromatic heterocycles. The SMILES string of the molecule is CCC(NCCc1nc(C)cs1)c1cc(Br)ccc1O. The molecule has 2 aromatic rings. The van der Waals surface area contributed by atoms with Crippen molar-refractivity contribution in [2.75, 3.05) is 6.54 Å². The fourth-order valence-electron chi connectivity index (χ4n) is 2.15. The van der Waals surface area contributed by atoms with Gasteiger partial charge >= 0.3 is 0 Å². The van der Waals surface area contributed by atoms with Gasteiger partial charge in [0.25, 0.3) is 0 Å². The fraction of sp³-hybridized carbons (Fsp3) is 0.400. The highest BCUT2D eigenvalue weighted by molar-refractivity contribution is 9.10. The van der Waals surface area contributed by atoms with Crippen molar-refractivity contribution in [3.8, 4) is 5.75 Å². The van der Waals surface area contributed by atoms with Gasteiger partial charge in [0.1, 0.15) is 5.75 Å². The highest BCUT2D eigenvalue weighted by Gasteiger charge is 2.13. The van der Waals surface area contributed by atoms with Crippen LogP contribution in [0.5, 0.6) is 5.75 Å². The molecule has 5 heteroatoms. The van der Waals surface area contributed by atoms with Crippen LogP contribution in [0.15, 0.2) is 28.1 Å². The van der Waals surface area contributed by atoms with E-state index >= 15 is 0 Å². The Balaban J connectivity index is 1.96. The molecule has 108 valence electrons. The monoisotopic (exact) mass is 354 g/mol. The van der Waals surface area contributed by atoms with Crippen LogP contribution in [-0.2, 0) is 6.42 Å². The van der Waals surface area contributed by atoms with Crippen molar-refractivity contribution in [1.82, 2.24) is 10.3 Å². The molecular formula is C15H19BrN2OS. The highest BCUT2D eigenvalue weighted by Crippen LogP contribution is 2.29. The molecule has 0 saturated carbocycles. The van der Waals surface area contributed by atoms with Crippen LogP contribution in [-0.4, -0.2) is 16.6 Å². The highest BCUT2D eigenvalue weighted by atomic mass is 79.9. The Morgan fingerprint density at radius 2 is 2.25 bits per heavy atom. The van der Waals surface area contributed by atoms with Crippen molar-refractivity contribution >= 4 is 27.3 Å². The van der Waals surface area contributed by atoms with E-state index in [1.54, 1.807) is 17.4 Å². The average molecular weight is 355 g/mol. The van der Waals surface area contributed by atoms with Crippen molar-refractivity contribution in [2.24, 2.45) is 0 Å². The predicted octanol–water partition coefficient (Wildman–Crippen LogP) is 4.20. The van der Waals surface area contributed by atoms with E-state index in [0.29, 0.717) is 5.75 Å². The van der Waals surface area contributed by atoms with Gasteiger partial charge < -0.3 is 10.4 Å². The number of hydrogen-bond donors (Lipinski definition) is 2. The molecule has 0 saturated heterocycles. The van der Waals surface area contributed by atoms with Crippen molar-refractivity contribution in [3.05, 3.63) is 44.3 Å². The molecule has 0 amide bonds. The molecule has 1 unspecified atom stereocenters. The predicted molar refractivity (Wildman–Crippen MR) is 87.4 cm³/mol. The van der Waals surface area contributed by atoms with E-state index in [1.807, 2.05) is 19.1 Å². The smallest absolute Gasteiger partial charge is 0.120 e. The summed E-state index contributed by atoms with van der Waals surface area (Å²) in [6.07, 6.45) is 1.85. The number of thiazole rings is 1. The number of aromatic nitrogens is 1. The van der Waals surface area contributed by atoms with E-state index in [-0.39, 0.29) is 6.04 Å². The summed E-state index contributed by atoms with van der Waals surface area (Å²) in [6.45, 7) is 4.99. The number of phenols is 1. The van der Waals surface area contributed by atoms with Gasteiger partial charge in [-0.1, -0.05) is 22.9 Å². The summed E-state index contributed by atoms with van der Waals surface area (Å²) in [4.78, 5) is 4.46. The van der Waals surface area contributed by atoms with E-state index in [4.69, 9.17) is 0 Å². The van der Waals surface area contributed by atoms with Crippen LogP contribution < -0.4 is 5.32 Å². The lowest BCUT2D eigenvalue weighted by molar-refractivity contribution is 0.442. The minimum Gasteiger partial charge on any atom is -0.508 e. The molecule has 20 heavy (non-hydrogen) atoms. The van der Waals surface area contributed by atoms with E-state index in [1.165, 1.54) is 0 Å². The molecule has 0 radical (unpaired) electrons. The summed E-state index contributed by atoms with van der Waals surface area (Å²) in [5, 5.41) is 16.7. The Kier molecular flexibility index (Phi) is 5.57. The third-order valence-corrected chi connectivity index (χ3v) is 4.69. The third-order valence-electron chi connectivity index (χ3n) is 3.17. The van der Waals surface area contributed by atoms with Crippen molar-refractivity contribution in [3.63, 3.8) is 0 Å². The van der Waals surface area contributed by atoms with Crippen LogP contribution in [0.2, 0.25) is 0 Å². The van der Waals surface area contributed by atoms with Crippen LogP contribution in [0.25, 0.3) is 0 Å². The standard InChI is InChI=1S/C15H19BrN2OS/c1-3-13(12-8-11(16)4-5-14(12)19)17-7-6-15-18-10(2)9-20-15/h4-5,8-9,13,17,19H,3,6-7H2,1-2H3. The summed E-state index contributed by atoms with van der Waals surface area (Å²) in [7, 11) is 0. The van der Waals surface area contributed by atoms with Crippen molar-refractivity contribution < 1.29 is 5.11 Å². The lowest BCUT2D eigenvalue weighted by Crippen LogP contribution is -2.23. The van der Waals surface area contributed by atoms with Gasteiger partial charge in [-0.3, -0.25) is 0 Å². The first-order valence-corrected chi connectivity index (χ1v) is 8.40. The first kappa shape index (κ1) is 15.5.